The first-order chi connectivity index (χ1) is 8.52. The Morgan fingerprint density at radius 1 is 1.22 bits per heavy atom. The van der Waals surface area contributed by atoms with Crippen molar-refractivity contribution in [2.24, 2.45) is 0 Å². The molecule has 1 aromatic carbocycles. The molecule has 1 rings (SSSR count). The Balaban J connectivity index is 0.000000331. The molecule has 0 fully saturated rings. The van der Waals surface area contributed by atoms with Crippen molar-refractivity contribution in [3.8, 4) is 0 Å². The van der Waals surface area contributed by atoms with Crippen LogP contribution >= 0.6 is 0 Å². The Morgan fingerprint density at radius 2 is 1.78 bits per heavy atom. The quantitative estimate of drug-likeness (QED) is 0.659. The van der Waals surface area contributed by atoms with Crippen LogP contribution in [0.3, 0.4) is 0 Å². The number of rotatable bonds is 4. The summed E-state index contributed by atoms with van der Waals surface area (Å²) in [5.74, 6) is -0.354. The Bertz CT molecular complexity index is 357. The van der Waals surface area contributed by atoms with Gasteiger partial charge in [0.15, 0.2) is 5.78 Å². The molecule has 0 aliphatic carbocycles. The topological polar surface area (TPSA) is 63.6 Å². The Hall–Kier alpha value is -1.68. The number of hydrogen-bond acceptors (Lipinski definition) is 4. The summed E-state index contributed by atoms with van der Waals surface area (Å²) in [5.41, 5.74) is 0.810. The summed E-state index contributed by atoms with van der Waals surface area (Å²) in [6, 6.07) is 9.34. The second-order valence-corrected chi connectivity index (χ2v) is 3.57. The van der Waals surface area contributed by atoms with Crippen molar-refractivity contribution in [2.75, 3.05) is 6.61 Å². The Kier molecular flexibility index (Phi) is 8.49. The molecule has 1 unspecified atom stereocenters. The third-order valence-corrected chi connectivity index (χ3v) is 2.04. The average Bonchev–Trinajstić information content (AvgIpc) is 2.39. The lowest BCUT2D eigenvalue weighted by molar-refractivity contribution is -0.151. The monoisotopic (exact) mass is 252 g/mol. The fourth-order valence-corrected chi connectivity index (χ4v) is 1.09. The molecule has 100 valence electrons. The molecule has 0 heterocycles. The fraction of sp³-hybridized carbons (Fsp3) is 0.429. The Labute approximate surface area is 108 Å². The normalized spacial score (nSPS) is 10.9. The molecule has 0 saturated carbocycles. The smallest absolute Gasteiger partial charge is 0.334 e. The van der Waals surface area contributed by atoms with E-state index in [0.717, 1.165) is 5.56 Å². The number of hydrogen-bond donors (Lipinski definition) is 1. The molecule has 0 aliphatic heterocycles. The van der Waals surface area contributed by atoms with E-state index >= 15 is 0 Å². The largest absolute Gasteiger partial charge is 0.464 e. The summed E-state index contributed by atoms with van der Waals surface area (Å²) < 4.78 is 4.41. The van der Waals surface area contributed by atoms with Crippen LogP contribution in [0, 0.1) is 0 Å². The van der Waals surface area contributed by atoms with Crippen LogP contribution in [-0.4, -0.2) is 29.6 Å². The second kappa shape index (κ2) is 9.36. The lowest BCUT2D eigenvalue weighted by Crippen LogP contribution is -2.18. The highest BCUT2D eigenvalue weighted by Crippen LogP contribution is 2.01. The third-order valence-electron chi connectivity index (χ3n) is 2.04. The first-order valence-corrected chi connectivity index (χ1v) is 5.95. The molecule has 18 heavy (non-hydrogen) atoms. The molecule has 0 amide bonds. The summed E-state index contributed by atoms with van der Waals surface area (Å²) >= 11 is 0. The molecule has 1 aromatic rings. The number of Topliss-reactive ketones (excluding diaryl/α,β-unsaturated/α-hetero) is 1. The van der Waals surface area contributed by atoms with Crippen LogP contribution in [0.2, 0.25) is 0 Å². The number of benzene rings is 1. The van der Waals surface area contributed by atoms with Crippen molar-refractivity contribution in [3.05, 3.63) is 35.9 Å². The molecule has 0 aromatic heterocycles. The molecule has 0 bridgehead atoms. The van der Waals surface area contributed by atoms with E-state index < -0.39 is 12.1 Å². The van der Waals surface area contributed by atoms with E-state index in [9.17, 15) is 9.59 Å². The number of ketones is 1. The summed E-state index contributed by atoms with van der Waals surface area (Å²) in [4.78, 5) is 21.3. The van der Waals surface area contributed by atoms with E-state index in [4.69, 9.17) is 5.11 Å². The minimum atomic E-state index is -0.991. The molecule has 1 atom stereocenters. The number of carbonyl (C=O) groups excluding carboxylic acids is 2. The second-order valence-electron chi connectivity index (χ2n) is 3.57. The van der Waals surface area contributed by atoms with Crippen LogP contribution in [0.1, 0.15) is 37.6 Å². The van der Waals surface area contributed by atoms with Crippen LogP contribution in [0.4, 0.5) is 0 Å². The first kappa shape index (κ1) is 16.3. The van der Waals surface area contributed by atoms with Gasteiger partial charge in [0.1, 0.15) is 6.10 Å². The minimum Gasteiger partial charge on any atom is -0.464 e. The van der Waals surface area contributed by atoms with E-state index in [1.807, 2.05) is 37.3 Å². The number of esters is 1. The van der Waals surface area contributed by atoms with Crippen molar-refractivity contribution >= 4 is 11.8 Å². The zero-order chi connectivity index (χ0) is 14.0. The van der Waals surface area contributed by atoms with E-state index in [1.54, 1.807) is 6.92 Å². The van der Waals surface area contributed by atoms with Gasteiger partial charge in [0.05, 0.1) is 6.61 Å². The van der Waals surface area contributed by atoms with Gasteiger partial charge in [-0.15, -0.1) is 0 Å². The molecular formula is C14H20O4. The zero-order valence-corrected chi connectivity index (χ0v) is 11.1. The van der Waals surface area contributed by atoms with Gasteiger partial charge in [-0.25, -0.2) is 4.79 Å². The van der Waals surface area contributed by atoms with Crippen LogP contribution in [0.5, 0.6) is 0 Å². The highest BCUT2D eigenvalue weighted by Gasteiger charge is 2.07. The van der Waals surface area contributed by atoms with Crippen molar-refractivity contribution in [1.82, 2.24) is 0 Å². The molecule has 4 nitrogen and oxygen atoms in total. The van der Waals surface area contributed by atoms with Gasteiger partial charge in [-0.3, -0.25) is 4.79 Å². The maximum absolute atomic E-state index is 11.0. The van der Waals surface area contributed by atoms with E-state index in [-0.39, 0.29) is 5.78 Å². The molecule has 0 radical (unpaired) electrons. The van der Waals surface area contributed by atoms with Gasteiger partial charge in [0, 0.05) is 12.0 Å². The average molecular weight is 252 g/mol. The summed E-state index contributed by atoms with van der Waals surface area (Å²) in [6.45, 7) is 5.26. The predicted molar refractivity (Wildman–Crippen MR) is 69.4 cm³/mol. The lowest BCUT2D eigenvalue weighted by atomic mass is 10.1. The van der Waals surface area contributed by atoms with Crippen molar-refractivity contribution < 1.29 is 19.4 Å². The van der Waals surface area contributed by atoms with Gasteiger partial charge < -0.3 is 9.84 Å². The molecular weight excluding hydrogens is 232 g/mol. The van der Waals surface area contributed by atoms with Crippen LogP contribution in [0.25, 0.3) is 0 Å². The van der Waals surface area contributed by atoms with E-state index in [2.05, 4.69) is 4.74 Å². The number of aliphatic hydroxyl groups is 1. The highest BCUT2D eigenvalue weighted by atomic mass is 16.5. The SMILES string of the molecule is CCC(=O)c1ccccc1.CCOC(=O)C(C)O. The van der Waals surface area contributed by atoms with Crippen LogP contribution < -0.4 is 0 Å². The summed E-state index contributed by atoms with van der Waals surface area (Å²) in [7, 11) is 0. The molecule has 1 N–H and O–H groups in total. The minimum absolute atomic E-state index is 0.209. The number of carbonyl (C=O) groups is 2. The summed E-state index contributed by atoms with van der Waals surface area (Å²) in [6.07, 6.45) is -0.403. The van der Waals surface area contributed by atoms with Crippen molar-refractivity contribution in [1.29, 1.82) is 0 Å². The highest BCUT2D eigenvalue weighted by molar-refractivity contribution is 5.95. The molecule has 0 spiro atoms. The molecule has 0 aliphatic rings. The van der Waals surface area contributed by atoms with Gasteiger partial charge in [0.25, 0.3) is 0 Å². The third kappa shape index (κ3) is 6.81. The fourth-order valence-electron chi connectivity index (χ4n) is 1.09. The van der Waals surface area contributed by atoms with Crippen LogP contribution in [-0.2, 0) is 9.53 Å². The van der Waals surface area contributed by atoms with Gasteiger partial charge in [-0.05, 0) is 13.8 Å². The first-order valence-electron chi connectivity index (χ1n) is 5.95. The van der Waals surface area contributed by atoms with Crippen molar-refractivity contribution in [2.45, 2.75) is 33.3 Å². The maximum atomic E-state index is 11.0. The zero-order valence-electron chi connectivity index (χ0n) is 11.1. The Morgan fingerprint density at radius 3 is 2.11 bits per heavy atom. The number of ether oxygens (including phenoxy) is 1. The van der Waals surface area contributed by atoms with E-state index in [0.29, 0.717) is 13.0 Å². The molecule has 0 saturated heterocycles. The standard InChI is InChI=1S/C9H10O.C5H10O3/c1-2-9(10)8-6-4-3-5-7-8;1-3-8-5(7)4(2)6/h3-7H,2H2,1H3;4,6H,3H2,1-2H3. The summed E-state index contributed by atoms with van der Waals surface area (Å²) in [5, 5.41) is 8.48. The van der Waals surface area contributed by atoms with Crippen molar-refractivity contribution in [3.63, 3.8) is 0 Å². The van der Waals surface area contributed by atoms with Gasteiger partial charge >= 0.3 is 5.97 Å². The van der Waals surface area contributed by atoms with Gasteiger partial charge in [-0.1, -0.05) is 37.3 Å². The lowest BCUT2D eigenvalue weighted by Gasteiger charge is -2.01. The van der Waals surface area contributed by atoms with E-state index in [1.165, 1.54) is 6.92 Å². The van der Waals surface area contributed by atoms with Crippen LogP contribution in [0.15, 0.2) is 30.3 Å². The van der Waals surface area contributed by atoms with Gasteiger partial charge in [-0.2, -0.15) is 0 Å². The predicted octanol–water partition coefficient (Wildman–Crippen LogP) is 2.21. The number of aliphatic hydroxyl groups excluding tert-OH is 1. The molecule has 4 heteroatoms. The maximum Gasteiger partial charge on any atom is 0.334 e. The van der Waals surface area contributed by atoms with Gasteiger partial charge in [0.2, 0.25) is 0 Å².